The van der Waals surface area contributed by atoms with E-state index in [0.29, 0.717) is 35.2 Å². The van der Waals surface area contributed by atoms with Gasteiger partial charge in [0.15, 0.2) is 5.82 Å². The molecular formula is C32H28F2N6O5S. The van der Waals surface area contributed by atoms with Crippen LogP contribution in [0, 0.1) is 5.82 Å². The van der Waals surface area contributed by atoms with Gasteiger partial charge in [-0.25, -0.2) is 4.39 Å². The van der Waals surface area contributed by atoms with Crippen LogP contribution in [0.1, 0.15) is 23.2 Å². The van der Waals surface area contributed by atoms with Crippen LogP contribution < -0.4 is 20.3 Å². The molecule has 3 N–H and O–H groups in total. The Balaban J connectivity index is 1.21. The molecule has 1 amide bonds. The van der Waals surface area contributed by atoms with E-state index in [4.69, 9.17) is 4.74 Å². The molecular weight excluding hydrogens is 618 g/mol. The third kappa shape index (κ3) is 5.65. The highest BCUT2D eigenvalue weighted by atomic mass is 32.3. The third-order valence-electron chi connectivity index (χ3n) is 8.27. The fourth-order valence-corrected chi connectivity index (χ4v) is 6.91. The Morgan fingerprint density at radius 1 is 1.04 bits per heavy atom. The lowest BCUT2D eigenvalue weighted by Gasteiger charge is -2.34. The summed E-state index contributed by atoms with van der Waals surface area (Å²) in [7, 11) is -5.11. The predicted molar refractivity (Wildman–Crippen MR) is 167 cm³/mol. The number of nitrogens with zero attached hydrogens (tertiary/aromatic N) is 4. The largest absolute Gasteiger partial charge is 0.508 e. The number of rotatable bonds is 8. The summed E-state index contributed by atoms with van der Waals surface area (Å²) >= 11 is 0. The molecule has 2 aromatic heterocycles. The molecule has 2 fully saturated rings. The number of fused-ring (bicyclic) bond motifs is 4. The highest BCUT2D eigenvalue weighted by Crippen LogP contribution is 2.37. The fraction of sp³-hybridized carbons (Fsp3) is 0.250. The summed E-state index contributed by atoms with van der Waals surface area (Å²) in [6, 6.07) is 15.7. The molecule has 236 valence electrons. The molecule has 46 heavy (non-hydrogen) atoms. The van der Waals surface area contributed by atoms with Crippen LogP contribution in [0.5, 0.6) is 11.8 Å². The fourth-order valence-electron chi connectivity index (χ4n) is 6.24. The average Bonchev–Trinajstić information content (AvgIpc) is 3.39. The predicted octanol–water partition coefficient (Wildman–Crippen LogP) is 4.10. The van der Waals surface area contributed by atoms with E-state index in [1.165, 1.54) is 30.5 Å². The van der Waals surface area contributed by atoms with E-state index < -0.39 is 26.8 Å². The Labute approximate surface area is 262 Å². The Hall–Kier alpha value is -4.95. The Kier molecular flexibility index (Phi) is 7.61. The van der Waals surface area contributed by atoms with E-state index in [-0.39, 0.29) is 53.8 Å². The van der Waals surface area contributed by atoms with Crippen molar-refractivity contribution in [2.45, 2.75) is 29.8 Å². The first-order valence-corrected chi connectivity index (χ1v) is 16.1. The maximum absolute atomic E-state index is 16.5. The summed E-state index contributed by atoms with van der Waals surface area (Å²) in [6.07, 6.45) is 3.56. The minimum absolute atomic E-state index is 0.00400. The van der Waals surface area contributed by atoms with Gasteiger partial charge < -0.3 is 25.4 Å². The highest BCUT2D eigenvalue weighted by Gasteiger charge is 2.34. The molecule has 2 aliphatic rings. The Morgan fingerprint density at radius 2 is 1.78 bits per heavy atom. The Morgan fingerprint density at radius 3 is 2.57 bits per heavy atom. The van der Waals surface area contributed by atoms with Crippen LogP contribution in [0.15, 0.2) is 71.8 Å². The van der Waals surface area contributed by atoms with Crippen molar-refractivity contribution in [3.63, 3.8) is 0 Å². The van der Waals surface area contributed by atoms with Crippen LogP contribution >= 0.6 is 0 Å². The molecule has 14 heteroatoms. The number of anilines is 1. The lowest BCUT2D eigenvalue weighted by atomic mass is 10.0. The van der Waals surface area contributed by atoms with Crippen LogP contribution in [0.3, 0.4) is 0 Å². The van der Waals surface area contributed by atoms with Crippen LogP contribution in [0.4, 0.5) is 14.1 Å². The van der Waals surface area contributed by atoms with Crippen LogP contribution in [0.2, 0.25) is 0 Å². The number of benzene rings is 3. The Bertz CT molecular complexity index is 2100. The molecule has 0 unspecified atom stereocenters. The minimum atomic E-state index is -5.11. The van der Waals surface area contributed by atoms with Crippen LogP contribution in [-0.4, -0.2) is 72.7 Å². The summed E-state index contributed by atoms with van der Waals surface area (Å²) in [5.41, 5.74) is 0.0408. The first-order valence-electron chi connectivity index (χ1n) is 14.7. The summed E-state index contributed by atoms with van der Waals surface area (Å²) < 4.78 is 58.9. The molecule has 7 rings (SSSR count). The third-order valence-corrected chi connectivity index (χ3v) is 9.16. The number of nitrogens with one attached hydrogen (secondary N) is 2. The smallest absolute Gasteiger partial charge is 0.332 e. The van der Waals surface area contributed by atoms with Crippen molar-refractivity contribution in [3.05, 3.63) is 78.2 Å². The number of phenolic OH excluding ortho intramolecular Hbond substituents is 1. The van der Waals surface area contributed by atoms with Crippen molar-refractivity contribution < 1.29 is 31.3 Å². The molecule has 5 aromatic rings. The second-order valence-electron chi connectivity index (χ2n) is 11.3. The topological polar surface area (TPSA) is 147 Å². The van der Waals surface area contributed by atoms with Gasteiger partial charge in [-0.2, -0.15) is 18.4 Å². The lowest BCUT2D eigenvalue weighted by Crippen LogP contribution is -2.51. The van der Waals surface area contributed by atoms with Crippen molar-refractivity contribution in [1.82, 2.24) is 25.6 Å². The normalized spacial score (nSPS) is 17.8. The molecule has 2 atom stereocenters. The molecule has 2 bridgehead atoms. The first kappa shape index (κ1) is 29.7. The number of piperazine rings is 1. The molecule has 0 spiro atoms. The number of amides is 1. The van der Waals surface area contributed by atoms with Crippen molar-refractivity contribution >= 4 is 43.6 Å². The zero-order valence-electron chi connectivity index (χ0n) is 24.3. The van der Waals surface area contributed by atoms with E-state index in [1.807, 2.05) is 24.3 Å². The minimum Gasteiger partial charge on any atom is -0.508 e. The van der Waals surface area contributed by atoms with Gasteiger partial charge in [-0.1, -0.05) is 36.4 Å². The molecule has 2 saturated heterocycles. The molecule has 11 nitrogen and oxygen atoms in total. The van der Waals surface area contributed by atoms with Gasteiger partial charge in [-0.15, -0.1) is 3.89 Å². The number of phenols is 1. The van der Waals surface area contributed by atoms with Gasteiger partial charge in [0.1, 0.15) is 34.3 Å². The molecule has 3 aromatic carbocycles. The van der Waals surface area contributed by atoms with Gasteiger partial charge in [-0.05, 0) is 47.9 Å². The van der Waals surface area contributed by atoms with Gasteiger partial charge >= 0.3 is 16.2 Å². The summed E-state index contributed by atoms with van der Waals surface area (Å²) in [6.45, 7) is 1.04. The number of hydrogen-bond donors (Lipinski definition) is 3. The maximum Gasteiger partial charge on any atom is 0.332 e. The van der Waals surface area contributed by atoms with Gasteiger partial charge in [0.2, 0.25) is 0 Å². The van der Waals surface area contributed by atoms with Gasteiger partial charge in [0.05, 0.1) is 17.5 Å². The number of aromatic hydroxyl groups is 1. The number of carbonyl (C=O) groups is 1. The number of halogens is 2. The van der Waals surface area contributed by atoms with Gasteiger partial charge in [0, 0.05) is 36.9 Å². The van der Waals surface area contributed by atoms with E-state index in [2.05, 4.69) is 30.5 Å². The molecule has 0 radical (unpaired) electrons. The van der Waals surface area contributed by atoms with E-state index >= 15 is 4.39 Å². The summed E-state index contributed by atoms with van der Waals surface area (Å²) in [5, 5.41) is 18.3. The zero-order chi connectivity index (χ0) is 32.0. The monoisotopic (exact) mass is 646 g/mol. The van der Waals surface area contributed by atoms with Gasteiger partial charge in [0.25, 0.3) is 5.91 Å². The van der Waals surface area contributed by atoms with E-state index in [9.17, 15) is 22.2 Å². The second kappa shape index (κ2) is 11.8. The summed E-state index contributed by atoms with van der Waals surface area (Å²) in [4.78, 5) is 27.5. The SMILES string of the molecule is O=C(NCCOc1nc(N2C[C@H]3CC[C@@H](C2)N3)c2cnc(-c3cc(O)cc4ccccc34)c(F)c2n1)c1ccccc1S(=O)(=O)F. The number of pyridine rings is 1. The zero-order valence-corrected chi connectivity index (χ0v) is 25.1. The number of aromatic nitrogens is 3. The van der Waals surface area contributed by atoms with Crippen molar-refractivity contribution in [3.8, 4) is 23.0 Å². The molecule has 2 aliphatic heterocycles. The molecule has 4 heterocycles. The van der Waals surface area contributed by atoms with Crippen LogP contribution in [-0.2, 0) is 10.2 Å². The van der Waals surface area contributed by atoms with Crippen molar-refractivity contribution in [1.29, 1.82) is 0 Å². The lowest BCUT2D eigenvalue weighted by molar-refractivity contribution is 0.0942. The van der Waals surface area contributed by atoms with Crippen LogP contribution in [0.25, 0.3) is 32.9 Å². The molecule has 0 aliphatic carbocycles. The number of hydrogen-bond acceptors (Lipinski definition) is 10. The average molecular weight is 647 g/mol. The number of carbonyl (C=O) groups excluding carboxylic acids is 1. The second-order valence-corrected chi connectivity index (χ2v) is 12.6. The van der Waals surface area contributed by atoms with E-state index in [0.717, 1.165) is 24.3 Å². The molecule has 0 saturated carbocycles. The quantitative estimate of drug-likeness (QED) is 0.166. The number of ether oxygens (including phenoxy) is 1. The highest BCUT2D eigenvalue weighted by molar-refractivity contribution is 7.86. The van der Waals surface area contributed by atoms with Crippen molar-refractivity contribution in [2.24, 2.45) is 0 Å². The van der Waals surface area contributed by atoms with Crippen molar-refractivity contribution in [2.75, 3.05) is 31.1 Å². The first-order chi connectivity index (χ1) is 22.2. The van der Waals surface area contributed by atoms with Gasteiger partial charge in [-0.3, -0.25) is 9.78 Å². The maximum atomic E-state index is 16.5. The van der Waals surface area contributed by atoms with E-state index in [1.54, 1.807) is 6.07 Å². The standard InChI is InChI=1S/C32H28F2N6O5S/c33-27-28(24-14-21(41)13-18-5-1-2-6-22(18)24)36-15-25-29(27)38-32(39-30(25)40-16-19-9-10-20(17-40)37-19)45-12-11-35-31(42)23-7-3-4-8-26(23)46(34,43)44/h1-8,13-15,19-20,37,41H,9-12,16-17H2,(H,35,42)/t19-,20+. The summed E-state index contributed by atoms with van der Waals surface area (Å²) in [5.74, 6) is -1.09.